The third-order valence-corrected chi connectivity index (χ3v) is 4.12. The van der Waals surface area contributed by atoms with Crippen LogP contribution in [0.2, 0.25) is 0 Å². The van der Waals surface area contributed by atoms with Crippen molar-refractivity contribution in [3.8, 4) is 5.75 Å². The Hall–Kier alpha value is -3.52. The van der Waals surface area contributed by atoms with E-state index in [9.17, 15) is 15.2 Å². The van der Waals surface area contributed by atoms with E-state index < -0.39 is 4.92 Å². The van der Waals surface area contributed by atoms with Crippen molar-refractivity contribution in [2.75, 3.05) is 0 Å². The number of fused-ring (bicyclic) bond motifs is 1. The standard InChI is InChI=1S/C19H16N4O3S/c24-18-9-6-14-10-15(23(25)26)7-8-16(14)17(18)12-21-22-19(27)20-11-13-4-2-1-3-5-13/h1-10,12,24H,11H2,(H2,20,22,27)/b21-12+. The molecular formula is C19H16N4O3S. The van der Waals surface area contributed by atoms with E-state index in [0.717, 1.165) is 5.56 Å². The van der Waals surface area contributed by atoms with Crippen LogP contribution >= 0.6 is 12.2 Å². The van der Waals surface area contributed by atoms with E-state index in [1.165, 1.54) is 24.4 Å². The molecule has 7 nitrogen and oxygen atoms in total. The van der Waals surface area contributed by atoms with Gasteiger partial charge in [0.1, 0.15) is 5.75 Å². The first kappa shape index (κ1) is 18.3. The van der Waals surface area contributed by atoms with E-state index in [-0.39, 0.29) is 11.4 Å². The monoisotopic (exact) mass is 380 g/mol. The van der Waals surface area contributed by atoms with Crippen molar-refractivity contribution in [3.05, 3.63) is 81.9 Å². The predicted octanol–water partition coefficient (Wildman–Crippen LogP) is 3.45. The lowest BCUT2D eigenvalue weighted by molar-refractivity contribution is -0.384. The maximum atomic E-state index is 10.9. The molecule has 0 atom stereocenters. The van der Waals surface area contributed by atoms with E-state index in [1.807, 2.05) is 30.3 Å². The fourth-order valence-corrected chi connectivity index (χ4v) is 2.68. The molecule has 27 heavy (non-hydrogen) atoms. The molecule has 0 saturated heterocycles. The molecule has 0 amide bonds. The van der Waals surface area contributed by atoms with E-state index >= 15 is 0 Å². The van der Waals surface area contributed by atoms with Gasteiger partial charge in [-0.25, -0.2) is 0 Å². The fraction of sp³-hybridized carbons (Fsp3) is 0.0526. The minimum absolute atomic E-state index is 0.0134. The van der Waals surface area contributed by atoms with Crippen LogP contribution < -0.4 is 10.7 Å². The number of thiocarbonyl (C=S) groups is 1. The highest BCUT2D eigenvalue weighted by atomic mass is 32.1. The molecule has 0 spiro atoms. The Balaban J connectivity index is 1.70. The normalized spacial score (nSPS) is 10.8. The number of hydrogen-bond donors (Lipinski definition) is 3. The number of nitrogens with zero attached hydrogens (tertiary/aromatic N) is 2. The lowest BCUT2D eigenvalue weighted by Gasteiger charge is -2.08. The molecule has 8 heteroatoms. The zero-order valence-corrected chi connectivity index (χ0v) is 14.9. The second-order valence-electron chi connectivity index (χ2n) is 5.70. The molecule has 0 unspecified atom stereocenters. The first-order chi connectivity index (χ1) is 13.0. The summed E-state index contributed by atoms with van der Waals surface area (Å²) in [7, 11) is 0. The van der Waals surface area contributed by atoms with Crippen LogP contribution in [0.4, 0.5) is 5.69 Å². The van der Waals surface area contributed by atoms with Gasteiger partial charge in [-0.1, -0.05) is 36.4 Å². The molecule has 3 N–H and O–H groups in total. The predicted molar refractivity (Wildman–Crippen MR) is 109 cm³/mol. The van der Waals surface area contributed by atoms with Crippen LogP contribution in [-0.2, 0) is 6.54 Å². The molecule has 0 aliphatic rings. The van der Waals surface area contributed by atoms with Gasteiger partial charge < -0.3 is 10.4 Å². The summed E-state index contributed by atoms with van der Waals surface area (Å²) in [5.41, 5.74) is 4.21. The molecule has 0 fully saturated rings. The summed E-state index contributed by atoms with van der Waals surface area (Å²) in [5, 5.41) is 29.7. The van der Waals surface area contributed by atoms with Crippen LogP contribution in [0.1, 0.15) is 11.1 Å². The van der Waals surface area contributed by atoms with Crippen LogP contribution in [0.25, 0.3) is 10.8 Å². The van der Waals surface area contributed by atoms with E-state index in [2.05, 4.69) is 15.8 Å². The van der Waals surface area contributed by atoms with Gasteiger partial charge in [0.2, 0.25) is 0 Å². The lowest BCUT2D eigenvalue weighted by Crippen LogP contribution is -2.31. The number of hydrogen-bond acceptors (Lipinski definition) is 5. The smallest absolute Gasteiger partial charge is 0.270 e. The van der Waals surface area contributed by atoms with Crippen LogP contribution in [0.5, 0.6) is 5.75 Å². The largest absolute Gasteiger partial charge is 0.507 e. The minimum atomic E-state index is -0.460. The Kier molecular flexibility index (Phi) is 5.58. The van der Waals surface area contributed by atoms with Crippen molar-refractivity contribution in [3.63, 3.8) is 0 Å². The first-order valence-corrected chi connectivity index (χ1v) is 8.46. The van der Waals surface area contributed by atoms with Crippen LogP contribution in [0, 0.1) is 10.1 Å². The number of benzene rings is 3. The SMILES string of the molecule is O=[N+]([O-])c1ccc2c(/C=N/NC(=S)NCc3ccccc3)c(O)ccc2c1. The molecule has 0 aromatic heterocycles. The summed E-state index contributed by atoms with van der Waals surface area (Å²) in [6, 6.07) is 17.3. The topological polar surface area (TPSA) is 99.8 Å². The van der Waals surface area contributed by atoms with Crippen molar-refractivity contribution in [1.29, 1.82) is 0 Å². The number of aromatic hydroxyl groups is 1. The number of phenolic OH excluding ortho intramolecular Hbond substituents is 1. The Morgan fingerprint density at radius 1 is 1.19 bits per heavy atom. The summed E-state index contributed by atoms with van der Waals surface area (Å²) in [6.45, 7) is 0.561. The summed E-state index contributed by atoms with van der Waals surface area (Å²) in [4.78, 5) is 10.4. The molecule has 0 heterocycles. The molecule has 3 aromatic rings. The van der Waals surface area contributed by atoms with Crippen LogP contribution in [0.3, 0.4) is 0 Å². The molecule has 0 radical (unpaired) electrons. The van der Waals surface area contributed by atoms with Crippen molar-refractivity contribution in [1.82, 2.24) is 10.7 Å². The highest BCUT2D eigenvalue weighted by molar-refractivity contribution is 7.80. The Labute approximate surface area is 160 Å². The summed E-state index contributed by atoms with van der Waals surface area (Å²) in [6.07, 6.45) is 1.43. The Bertz CT molecular complexity index is 1020. The van der Waals surface area contributed by atoms with E-state index in [4.69, 9.17) is 12.2 Å². The molecule has 136 valence electrons. The Morgan fingerprint density at radius 2 is 1.96 bits per heavy atom. The van der Waals surface area contributed by atoms with Gasteiger partial charge >= 0.3 is 0 Å². The maximum Gasteiger partial charge on any atom is 0.270 e. The van der Waals surface area contributed by atoms with Crippen molar-refractivity contribution in [2.45, 2.75) is 6.54 Å². The van der Waals surface area contributed by atoms with Crippen molar-refractivity contribution < 1.29 is 10.0 Å². The number of rotatable bonds is 5. The van der Waals surface area contributed by atoms with Gasteiger partial charge in [0, 0.05) is 24.2 Å². The summed E-state index contributed by atoms with van der Waals surface area (Å²) >= 11 is 5.17. The van der Waals surface area contributed by atoms with Gasteiger partial charge in [-0.3, -0.25) is 15.5 Å². The van der Waals surface area contributed by atoms with Gasteiger partial charge in [-0.15, -0.1) is 0 Å². The second-order valence-corrected chi connectivity index (χ2v) is 6.11. The number of hydrazone groups is 1. The van der Waals surface area contributed by atoms with Crippen LogP contribution in [0.15, 0.2) is 65.8 Å². The lowest BCUT2D eigenvalue weighted by atomic mass is 10.0. The number of nitro benzene ring substituents is 1. The number of non-ortho nitro benzene ring substituents is 1. The average molecular weight is 380 g/mol. The first-order valence-electron chi connectivity index (χ1n) is 8.05. The van der Waals surface area contributed by atoms with Gasteiger partial charge in [-0.2, -0.15) is 5.10 Å². The number of phenols is 1. The van der Waals surface area contributed by atoms with E-state index in [1.54, 1.807) is 12.1 Å². The Morgan fingerprint density at radius 3 is 2.70 bits per heavy atom. The molecule has 0 saturated carbocycles. The quantitative estimate of drug-likeness (QED) is 0.271. The fourth-order valence-electron chi connectivity index (χ4n) is 2.55. The van der Waals surface area contributed by atoms with Gasteiger partial charge in [0.05, 0.1) is 11.1 Å². The molecule has 3 rings (SSSR count). The number of nitrogens with one attached hydrogen (secondary N) is 2. The molecular weight excluding hydrogens is 364 g/mol. The minimum Gasteiger partial charge on any atom is -0.507 e. The molecule has 3 aromatic carbocycles. The van der Waals surface area contributed by atoms with Crippen LogP contribution in [-0.4, -0.2) is 21.4 Å². The third-order valence-electron chi connectivity index (χ3n) is 3.89. The zero-order chi connectivity index (χ0) is 19.2. The highest BCUT2D eigenvalue weighted by Crippen LogP contribution is 2.28. The average Bonchev–Trinajstić information content (AvgIpc) is 2.68. The van der Waals surface area contributed by atoms with Gasteiger partial charge in [0.15, 0.2) is 5.11 Å². The van der Waals surface area contributed by atoms with Gasteiger partial charge in [-0.05, 0) is 40.7 Å². The molecule has 0 aliphatic carbocycles. The summed E-state index contributed by atoms with van der Waals surface area (Å²) < 4.78 is 0. The number of nitro groups is 1. The summed E-state index contributed by atoms with van der Waals surface area (Å²) in [5.74, 6) is 0.0186. The van der Waals surface area contributed by atoms with Gasteiger partial charge in [0.25, 0.3) is 5.69 Å². The van der Waals surface area contributed by atoms with Crippen molar-refractivity contribution >= 4 is 40.0 Å². The highest BCUT2D eigenvalue weighted by Gasteiger charge is 2.10. The van der Waals surface area contributed by atoms with E-state index in [0.29, 0.717) is 28.0 Å². The zero-order valence-electron chi connectivity index (χ0n) is 14.1. The second kappa shape index (κ2) is 8.24. The molecule has 0 bridgehead atoms. The molecule has 0 aliphatic heterocycles. The van der Waals surface area contributed by atoms with Crippen molar-refractivity contribution in [2.24, 2.45) is 5.10 Å². The third kappa shape index (κ3) is 4.56. The maximum absolute atomic E-state index is 10.9.